The van der Waals surface area contributed by atoms with Crippen molar-refractivity contribution < 1.29 is 13.9 Å². The van der Waals surface area contributed by atoms with E-state index >= 15 is 0 Å². The van der Waals surface area contributed by atoms with Gasteiger partial charge < -0.3 is 9.64 Å². The van der Waals surface area contributed by atoms with Crippen LogP contribution in [0.1, 0.15) is 31.5 Å². The van der Waals surface area contributed by atoms with Crippen LogP contribution in [0.4, 0.5) is 4.39 Å². The van der Waals surface area contributed by atoms with E-state index in [1.165, 1.54) is 12.1 Å². The number of ether oxygens (including phenoxy) is 1. The topological polar surface area (TPSA) is 41.6 Å². The molecule has 1 aromatic carbocycles. The number of hydrogen-bond acceptors (Lipinski definition) is 3. The zero-order chi connectivity index (χ0) is 14.5. The maximum atomic E-state index is 13.0. The molecule has 1 amide bonds. The molecule has 1 aliphatic rings. The van der Waals surface area contributed by atoms with E-state index in [0.29, 0.717) is 13.2 Å². The van der Waals surface area contributed by atoms with E-state index in [1.54, 1.807) is 19.2 Å². The van der Waals surface area contributed by atoms with Crippen molar-refractivity contribution in [1.29, 1.82) is 0 Å². The van der Waals surface area contributed by atoms with Crippen LogP contribution in [0, 0.1) is 5.82 Å². The summed E-state index contributed by atoms with van der Waals surface area (Å²) in [7, 11) is 1.65. The lowest BCUT2D eigenvalue weighted by Crippen LogP contribution is -2.32. The summed E-state index contributed by atoms with van der Waals surface area (Å²) >= 11 is 0. The highest BCUT2D eigenvalue weighted by Gasteiger charge is 2.37. The fourth-order valence-corrected chi connectivity index (χ4v) is 2.51. The molecule has 20 heavy (non-hydrogen) atoms. The van der Waals surface area contributed by atoms with E-state index in [-0.39, 0.29) is 23.9 Å². The Morgan fingerprint density at radius 3 is 2.65 bits per heavy atom. The molecule has 1 saturated heterocycles. The minimum atomic E-state index is -0.268. The van der Waals surface area contributed by atoms with Gasteiger partial charge in [-0.2, -0.15) is 0 Å². The zero-order valence-electron chi connectivity index (χ0n) is 11.9. The molecule has 0 spiro atoms. The lowest BCUT2D eigenvalue weighted by molar-refractivity contribution is -0.130. The average Bonchev–Trinajstić information content (AvgIpc) is 2.77. The number of methoxy groups -OCH3 is 1. The van der Waals surface area contributed by atoms with Crippen LogP contribution in [0.5, 0.6) is 0 Å². The van der Waals surface area contributed by atoms with Gasteiger partial charge in [0.05, 0.1) is 6.04 Å². The second-order valence-corrected chi connectivity index (χ2v) is 4.96. The molecule has 1 aliphatic heterocycles. The van der Waals surface area contributed by atoms with E-state index in [0.717, 1.165) is 18.4 Å². The lowest BCUT2D eigenvalue weighted by atomic mass is 10.1. The number of carbonyl (C=O) groups is 1. The molecule has 110 valence electrons. The predicted octanol–water partition coefficient (Wildman–Crippen LogP) is 2.07. The third-order valence-corrected chi connectivity index (χ3v) is 3.59. The Kier molecular flexibility index (Phi) is 5.09. The molecule has 4 nitrogen and oxygen atoms in total. The molecule has 5 heteroatoms. The van der Waals surface area contributed by atoms with Gasteiger partial charge in [-0.05, 0) is 30.5 Å². The van der Waals surface area contributed by atoms with Gasteiger partial charge in [0.2, 0.25) is 5.91 Å². The monoisotopic (exact) mass is 280 g/mol. The molecule has 2 atom stereocenters. The first-order valence-corrected chi connectivity index (χ1v) is 6.98. The summed E-state index contributed by atoms with van der Waals surface area (Å²) in [6.07, 6.45) is 1.36. The third-order valence-electron chi connectivity index (χ3n) is 3.59. The van der Waals surface area contributed by atoms with Gasteiger partial charge in [0.15, 0.2) is 0 Å². The quantitative estimate of drug-likeness (QED) is 0.811. The molecule has 0 aromatic heterocycles. The lowest BCUT2D eigenvalue weighted by Gasteiger charge is -2.24. The summed E-state index contributed by atoms with van der Waals surface area (Å²) in [6.45, 7) is 3.24. The van der Waals surface area contributed by atoms with Gasteiger partial charge in [-0.15, -0.1) is 0 Å². The summed E-state index contributed by atoms with van der Waals surface area (Å²) in [5, 5.41) is 3.32. The Hall–Kier alpha value is -1.46. The van der Waals surface area contributed by atoms with Crippen LogP contribution < -0.4 is 5.32 Å². The van der Waals surface area contributed by atoms with Gasteiger partial charge in [-0.3, -0.25) is 10.1 Å². The average molecular weight is 280 g/mol. The van der Waals surface area contributed by atoms with Crippen molar-refractivity contribution in [3.63, 3.8) is 0 Å². The van der Waals surface area contributed by atoms with E-state index in [9.17, 15) is 9.18 Å². The fourth-order valence-electron chi connectivity index (χ4n) is 2.51. The van der Waals surface area contributed by atoms with Crippen LogP contribution >= 0.6 is 0 Å². The number of nitrogens with one attached hydrogen (secondary N) is 1. The highest BCUT2D eigenvalue weighted by atomic mass is 19.1. The van der Waals surface area contributed by atoms with Crippen molar-refractivity contribution in [2.24, 2.45) is 0 Å². The molecule has 0 bridgehead atoms. The third kappa shape index (κ3) is 3.16. The molecular formula is C15H21FN2O2. The minimum absolute atomic E-state index is 0.109. The Morgan fingerprint density at radius 2 is 2.05 bits per heavy atom. The Balaban J connectivity index is 2.15. The maximum Gasteiger partial charge on any atom is 0.241 e. The van der Waals surface area contributed by atoms with Gasteiger partial charge in [0.1, 0.15) is 12.0 Å². The fraction of sp³-hybridized carbons (Fsp3) is 0.533. The number of halogens is 1. The molecule has 0 aliphatic carbocycles. The van der Waals surface area contributed by atoms with Crippen LogP contribution in [0.3, 0.4) is 0 Å². The molecule has 0 radical (unpaired) electrons. The highest BCUT2D eigenvalue weighted by Crippen LogP contribution is 2.26. The SMILES string of the molecule is CCC1NC(c2ccc(F)cc2)N(CCCOC)C1=O. The van der Waals surface area contributed by atoms with E-state index < -0.39 is 0 Å². The molecule has 2 rings (SSSR count). The molecular weight excluding hydrogens is 259 g/mol. The van der Waals surface area contributed by atoms with Crippen LogP contribution in [-0.4, -0.2) is 37.1 Å². The second-order valence-electron chi connectivity index (χ2n) is 4.96. The van der Waals surface area contributed by atoms with Crippen LogP contribution in [-0.2, 0) is 9.53 Å². The van der Waals surface area contributed by atoms with Gasteiger partial charge in [0.25, 0.3) is 0 Å². The number of nitrogens with zero attached hydrogens (tertiary/aromatic N) is 1. The number of rotatable bonds is 6. The van der Waals surface area contributed by atoms with Gasteiger partial charge in [-0.25, -0.2) is 4.39 Å². The number of amides is 1. The van der Waals surface area contributed by atoms with Crippen molar-refractivity contribution >= 4 is 5.91 Å². The second kappa shape index (κ2) is 6.81. The Bertz CT molecular complexity index is 450. The molecule has 1 N–H and O–H groups in total. The van der Waals surface area contributed by atoms with Crippen LogP contribution in [0.15, 0.2) is 24.3 Å². The zero-order valence-corrected chi connectivity index (χ0v) is 11.9. The van der Waals surface area contributed by atoms with Crippen molar-refractivity contribution in [2.75, 3.05) is 20.3 Å². The highest BCUT2D eigenvalue weighted by molar-refractivity contribution is 5.84. The van der Waals surface area contributed by atoms with Crippen molar-refractivity contribution in [2.45, 2.75) is 32.0 Å². The van der Waals surface area contributed by atoms with E-state index in [4.69, 9.17) is 4.74 Å². The summed E-state index contributed by atoms with van der Waals surface area (Å²) < 4.78 is 18.1. The largest absolute Gasteiger partial charge is 0.385 e. The van der Waals surface area contributed by atoms with Gasteiger partial charge >= 0.3 is 0 Å². The standard InChI is InChI=1S/C15H21FN2O2/c1-3-13-15(19)18(9-4-10-20-2)14(17-13)11-5-7-12(16)8-6-11/h5-8,13-14,17H,3-4,9-10H2,1-2H3. The molecule has 1 heterocycles. The van der Waals surface area contributed by atoms with Gasteiger partial charge in [-0.1, -0.05) is 19.1 Å². The first kappa shape index (κ1) is 14.9. The summed E-state index contributed by atoms with van der Waals surface area (Å²) in [4.78, 5) is 14.1. The summed E-state index contributed by atoms with van der Waals surface area (Å²) in [5.74, 6) is -0.158. The van der Waals surface area contributed by atoms with Crippen LogP contribution in [0.2, 0.25) is 0 Å². The molecule has 2 unspecified atom stereocenters. The maximum absolute atomic E-state index is 13.0. The smallest absolute Gasteiger partial charge is 0.241 e. The molecule has 0 saturated carbocycles. The van der Waals surface area contributed by atoms with E-state index in [1.807, 2.05) is 11.8 Å². The first-order chi connectivity index (χ1) is 9.67. The summed E-state index contributed by atoms with van der Waals surface area (Å²) in [5.41, 5.74) is 0.910. The minimum Gasteiger partial charge on any atom is -0.385 e. The molecule has 1 fully saturated rings. The number of carbonyl (C=O) groups excluding carboxylic acids is 1. The predicted molar refractivity (Wildman–Crippen MR) is 74.6 cm³/mol. The van der Waals surface area contributed by atoms with Crippen molar-refractivity contribution in [3.05, 3.63) is 35.6 Å². The normalized spacial score (nSPS) is 22.6. The first-order valence-electron chi connectivity index (χ1n) is 6.98. The Morgan fingerprint density at radius 1 is 1.35 bits per heavy atom. The molecule has 1 aromatic rings. The van der Waals surface area contributed by atoms with E-state index in [2.05, 4.69) is 5.32 Å². The van der Waals surface area contributed by atoms with Crippen LogP contribution in [0.25, 0.3) is 0 Å². The number of hydrogen-bond donors (Lipinski definition) is 1. The Labute approximate surface area is 118 Å². The van der Waals surface area contributed by atoms with Gasteiger partial charge in [0, 0.05) is 20.3 Å². The summed E-state index contributed by atoms with van der Waals surface area (Å²) in [6, 6.07) is 6.14. The number of benzene rings is 1. The van der Waals surface area contributed by atoms with Crippen molar-refractivity contribution in [1.82, 2.24) is 10.2 Å². The van der Waals surface area contributed by atoms with Crippen molar-refractivity contribution in [3.8, 4) is 0 Å².